The first-order chi connectivity index (χ1) is 13.0. The van der Waals surface area contributed by atoms with Crippen molar-refractivity contribution < 1.29 is 14.3 Å². The Morgan fingerprint density at radius 1 is 1.30 bits per heavy atom. The number of carbonyl (C=O) groups excluding carboxylic acids is 1. The maximum atomic E-state index is 12.4. The molecule has 0 saturated carbocycles. The molecule has 1 aliphatic heterocycles. The summed E-state index contributed by atoms with van der Waals surface area (Å²) in [5.74, 6) is 1.15. The molecule has 0 aliphatic carbocycles. The van der Waals surface area contributed by atoms with Crippen molar-refractivity contribution in [3.8, 4) is 23.6 Å². The van der Waals surface area contributed by atoms with Crippen LogP contribution in [0.1, 0.15) is 23.6 Å². The predicted octanol–water partition coefficient (Wildman–Crippen LogP) is 1.93. The van der Waals surface area contributed by atoms with Crippen molar-refractivity contribution in [3.05, 3.63) is 41.0 Å². The number of pyridine rings is 1. The summed E-state index contributed by atoms with van der Waals surface area (Å²) in [7, 11) is 0. The summed E-state index contributed by atoms with van der Waals surface area (Å²) < 4.78 is 10.6. The monoisotopic (exact) mass is 381 g/mol. The Kier molecular flexibility index (Phi) is 5.34. The first-order valence-corrected chi connectivity index (χ1v) is 8.83. The van der Waals surface area contributed by atoms with Gasteiger partial charge in [-0.15, -0.1) is 0 Å². The number of thioether (sulfide) groups is 1. The second kappa shape index (κ2) is 7.85. The van der Waals surface area contributed by atoms with Crippen LogP contribution < -0.4 is 20.5 Å². The van der Waals surface area contributed by atoms with E-state index >= 15 is 0 Å². The molecule has 2 heterocycles. The summed E-state index contributed by atoms with van der Waals surface area (Å²) >= 11 is 1.11. The SMILES string of the molecule is C[C@H](Sc1nc(N)c(C#N)cc1C#N)C(=O)NCc1ccc2c(c1)OCO2. The summed E-state index contributed by atoms with van der Waals surface area (Å²) in [6.07, 6.45) is 0. The van der Waals surface area contributed by atoms with Gasteiger partial charge in [0, 0.05) is 6.54 Å². The van der Waals surface area contributed by atoms with Crippen molar-refractivity contribution >= 4 is 23.5 Å². The van der Waals surface area contributed by atoms with Crippen molar-refractivity contribution in [1.82, 2.24) is 10.3 Å². The van der Waals surface area contributed by atoms with E-state index < -0.39 is 5.25 Å². The molecule has 27 heavy (non-hydrogen) atoms. The Hall–Kier alpha value is -3.43. The molecule has 9 heteroatoms. The molecule has 1 atom stereocenters. The Balaban J connectivity index is 1.64. The molecule has 1 amide bonds. The van der Waals surface area contributed by atoms with E-state index in [0.717, 1.165) is 17.3 Å². The van der Waals surface area contributed by atoms with Gasteiger partial charge in [0.25, 0.3) is 0 Å². The number of benzene rings is 1. The lowest BCUT2D eigenvalue weighted by molar-refractivity contribution is -0.120. The number of fused-ring (bicyclic) bond motifs is 1. The van der Waals surface area contributed by atoms with Gasteiger partial charge >= 0.3 is 0 Å². The first kappa shape index (κ1) is 18.4. The summed E-state index contributed by atoms with van der Waals surface area (Å²) in [4.78, 5) is 16.5. The molecular weight excluding hydrogens is 366 g/mol. The molecule has 8 nitrogen and oxygen atoms in total. The van der Waals surface area contributed by atoms with Crippen molar-refractivity contribution in [3.63, 3.8) is 0 Å². The molecule has 0 fully saturated rings. The molecule has 0 radical (unpaired) electrons. The standard InChI is InChI=1S/C18H15N5O3S/c1-10(27-18-13(7-20)5-12(6-19)16(21)23-18)17(24)22-8-11-2-3-14-15(4-11)26-9-25-14/h2-5,10H,8-9H2,1H3,(H2,21,23)(H,22,24)/t10-/m0/s1. The molecule has 0 saturated heterocycles. The van der Waals surface area contributed by atoms with E-state index in [9.17, 15) is 10.1 Å². The maximum absolute atomic E-state index is 12.4. The van der Waals surface area contributed by atoms with Crippen LogP contribution >= 0.6 is 11.8 Å². The highest BCUT2D eigenvalue weighted by molar-refractivity contribution is 8.00. The third-order valence-electron chi connectivity index (χ3n) is 3.82. The highest BCUT2D eigenvalue weighted by Gasteiger charge is 2.19. The lowest BCUT2D eigenvalue weighted by Crippen LogP contribution is -2.30. The quantitative estimate of drug-likeness (QED) is 0.750. The highest BCUT2D eigenvalue weighted by atomic mass is 32.2. The lowest BCUT2D eigenvalue weighted by Gasteiger charge is -2.13. The average molecular weight is 381 g/mol. The van der Waals surface area contributed by atoms with Crippen LogP contribution in [-0.2, 0) is 11.3 Å². The summed E-state index contributed by atoms with van der Waals surface area (Å²) in [5.41, 5.74) is 6.93. The van der Waals surface area contributed by atoms with Crippen molar-refractivity contribution in [1.29, 1.82) is 10.5 Å². The molecule has 136 valence electrons. The molecular formula is C18H15N5O3S. The normalized spacial score (nSPS) is 12.7. The fourth-order valence-electron chi connectivity index (χ4n) is 2.37. The van der Waals surface area contributed by atoms with E-state index in [-0.39, 0.29) is 29.6 Å². The molecule has 3 N–H and O–H groups in total. The second-order valence-electron chi connectivity index (χ2n) is 5.66. The number of aromatic nitrogens is 1. The number of amides is 1. The third-order valence-corrected chi connectivity index (χ3v) is 4.92. The molecule has 2 aromatic rings. The van der Waals surface area contributed by atoms with E-state index in [2.05, 4.69) is 10.3 Å². The van der Waals surface area contributed by atoms with Crippen LogP contribution in [0.25, 0.3) is 0 Å². The molecule has 0 bridgehead atoms. The maximum Gasteiger partial charge on any atom is 0.233 e. The Morgan fingerprint density at radius 2 is 2.04 bits per heavy atom. The van der Waals surface area contributed by atoms with Gasteiger partial charge in [-0.2, -0.15) is 10.5 Å². The van der Waals surface area contributed by atoms with Gasteiger partial charge in [-0.3, -0.25) is 4.79 Å². The second-order valence-corrected chi connectivity index (χ2v) is 6.99. The van der Waals surface area contributed by atoms with Crippen LogP contribution in [0.2, 0.25) is 0 Å². The Labute approximate surface area is 159 Å². The predicted molar refractivity (Wildman–Crippen MR) is 97.8 cm³/mol. The fraction of sp³-hybridized carbons (Fsp3) is 0.222. The minimum atomic E-state index is -0.508. The number of hydrogen-bond acceptors (Lipinski definition) is 8. The number of carbonyl (C=O) groups is 1. The van der Waals surface area contributed by atoms with Crippen LogP contribution in [0.15, 0.2) is 29.3 Å². The van der Waals surface area contributed by atoms with Crippen LogP contribution in [0.5, 0.6) is 11.5 Å². The lowest BCUT2D eigenvalue weighted by atomic mass is 10.2. The smallest absolute Gasteiger partial charge is 0.233 e. The molecule has 3 rings (SSSR count). The average Bonchev–Trinajstić information content (AvgIpc) is 3.14. The molecule has 1 aromatic heterocycles. The molecule has 0 unspecified atom stereocenters. The van der Waals surface area contributed by atoms with E-state index in [1.807, 2.05) is 24.3 Å². The number of anilines is 1. The van der Waals surface area contributed by atoms with Crippen LogP contribution in [0.3, 0.4) is 0 Å². The Morgan fingerprint density at radius 3 is 2.78 bits per heavy atom. The van der Waals surface area contributed by atoms with Crippen molar-refractivity contribution in [2.45, 2.75) is 23.7 Å². The summed E-state index contributed by atoms with van der Waals surface area (Å²) in [5, 5.41) is 20.8. The first-order valence-electron chi connectivity index (χ1n) is 7.95. The van der Waals surface area contributed by atoms with Gasteiger partial charge in [0.1, 0.15) is 23.0 Å². The number of hydrogen-bond donors (Lipinski definition) is 2. The van der Waals surface area contributed by atoms with Crippen molar-refractivity contribution in [2.24, 2.45) is 0 Å². The van der Waals surface area contributed by atoms with Gasteiger partial charge < -0.3 is 20.5 Å². The van der Waals surface area contributed by atoms with Gasteiger partial charge in [-0.1, -0.05) is 17.8 Å². The number of ether oxygens (including phenoxy) is 2. The fourth-order valence-corrected chi connectivity index (χ4v) is 3.28. The van der Waals surface area contributed by atoms with Crippen LogP contribution in [0, 0.1) is 22.7 Å². The molecule has 1 aromatic carbocycles. The van der Waals surface area contributed by atoms with Crippen LogP contribution in [0.4, 0.5) is 5.82 Å². The summed E-state index contributed by atoms with van der Waals surface area (Å²) in [6, 6.07) is 10.7. The molecule has 1 aliphatic rings. The number of nitrogens with one attached hydrogen (secondary N) is 1. The minimum Gasteiger partial charge on any atom is -0.454 e. The zero-order valence-corrected chi connectivity index (χ0v) is 15.2. The van der Waals surface area contributed by atoms with E-state index in [4.69, 9.17) is 20.5 Å². The van der Waals surface area contributed by atoms with Crippen LogP contribution in [-0.4, -0.2) is 22.9 Å². The Bertz CT molecular complexity index is 980. The number of nitrogens with zero attached hydrogens (tertiary/aromatic N) is 3. The number of nitriles is 2. The van der Waals surface area contributed by atoms with Crippen molar-refractivity contribution in [2.75, 3.05) is 12.5 Å². The highest BCUT2D eigenvalue weighted by Crippen LogP contribution is 2.32. The van der Waals surface area contributed by atoms with Gasteiger partial charge in [0.15, 0.2) is 11.5 Å². The van der Waals surface area contributed by atoms with E-state index in [0.29, 0.717) is 23.1 Å². The number of nitrogen functional groups attached to an aromatic ring is 1. The molecule has 0 spiro atoms. The summed E-state index contributed by atoms with van der Waals surface area (Å²) in [6.45, 7) is 2.23. The number of rotatable bonds is 5. The number of nitrogens with two attached hydrogens (primary N) is 1. The minimum absolute atomic E-state index is 0.0342. The third kappa shape index (κ3) is 4.05. The zero-order chi connectivity index (χ0) is 19.4. The topological polar surface area (TPSA) is 134 Å². The van der Waals surface area contributed by atoms with Gasteiger partial charge in [0.2, 0.25) is 12.7 Å². The van der Waals surface area contributed by atoms with E-state index in [1.165, 1.54) is 6.07 Å². The van der Waals surface area contributed by atoms with Gasteiger partial charge in [-0.25, -0.2) is 4.98 Å². The van der Waals surface area contributed by atoms with Gasteiger partial charge in [0.05, 0.1) is 16.4 Å². The largest absolute Gasteiger partial charge is 0.454 e. The zero-order valence-electron chi connectivity index (χ0n) is 14.4. The van der Waals surface area contributed by atoms with Gasteiger partial charge in [-0.05, 0) is 30.7 Å². The van der Waals surface area contributed by atoms with E-state index in [1.54, 1.807) is 13.0 Å².